The van der Waals surface area contributed by atoms with Crippen LogP contribution in [0.2, 0.25) is 0 Å². The third-order valence-corrected chi connectivity index (χ3v) is 2.76. The first-order chi connectivity index (χ1) is 6.88. The Labute approximate surface area is 90.4 Å². The van der Waals surface area contributed by atoms with Gasteiger partial charge in [-0.25, -0.2) is 0 Å². The molecule has 0 aliphatic heterocycles. The molecule has 0 saturated heterocycles. The topological polar surface area (TPSA) is 0 Å². The molecule has 0 heterocycles. The van der Waals surface area contributed by atoms with Crippen molar-refractivity contribution in [3.05, 3.63) is 36.0 Å². The van der Waals surface area contributed by atoms with Crippen molar-refractivity contribution in [1.29, 1.82) is 0 Å². The van der Waals surface area contributed by atoms with Gasteiger partial charge < -0.3 is 0 Å². The fourth-order valence-corrected chi connectivity index (χ4v) is 1.87. The summed E-state index contributed by atoms with van der Waals surface area (Å²) < 4.78 is 27.2. The van der Waals surface area contributed by atoms with Gasteiger partial charge >= 0.3 is 0 Å². The second-order valence-electron chi connectivity index (χ2n) is 4.46. The van der Waals surface area contributed by atoms with E-state index in [2.05, 4.69) is 6.58 Å². The Kier molecular flexibility index (Phi) is 3.48. The highest BCUT2D eigenvalue weighted by molar-refractivity contribution is 5.37. The molecule has 1 rings (SSSR count). The molecule has 0 saturated carbocycles. The lowest BCUT2D eigenvalue weighted by atomic mass is 9.83. The molecule has 2 heteroatoms. The predicted molar refractivity (Wildman–Crippen MR) is 59.9 cm³/mol. The van der Waals surface area contributed by atoms with E-state index in [0.717, 1.165) is 11.6 Å². The summed E-state index contributed by atoms with van der Waals surface area (Å²) in [7, 11) is 0. The van der Waals surface area contributed by atoms with E-state index in [1.807, 2.05) is 32.9 Å². The molecule has 15 heavy (non-hydrogen) atoms. The van der Waals surface area contributed by atoms with Crippen molar-refractivity contribution in [1.82, 2.24) is 0 Å². The molecular formula is C13H18F2. The molecule has 0 nitrogen and oxygen atoms in total. The Morgan fingerprint density at radius 3 is 2.60 bits per heavy atom. The molecule has 0 spiro atoms. The maximum Gasteiger partial charge on any atom is 0.288 e. The normalized spacial score (nSPS) is 22.4. The van der Waals surface area contributed by atoms with Crippen LogP contribution in [0.5, 0.6) is 0 Å². The number of rotatable bonds is 3. The van der Waals surface area contributed by atoms with Gasteiger partial charge in [0, 0.05) is 5.57 Å². The number of hydrogen-bond donors (Lipinski definition) is 0. The molecule has 0 fully saturated rings. The summed E-state index contributed by atoms with van der Waals surface area (Å²) in [5.41, 5.74) is 1.00. The minimum absolute atomic E-state index is 0.134. The maximum atomic E-state index is 13.6. The zero-order chi connectivity index (χ0) is 11.6. The average molecular weight is 212 g/mol. The van der Waals surface area contributed by atoms with Gasteiger partial charge in [-0.05, 0) is 29.9 Å². The summed E-state index contributed by atoms with van der Waals surface area (Å²) in [6.07, 6.45) is 5.02. The van der Waals surface area contributed by atoms with Gasteiger partial charge in [0.25, 0.3) is 5.92 Å². The van der Waals surface area contributed by atoms with Crippen LogP contribution in [-0.2, 0) is 0 Å². The fraction of sp³-hybridized carbons (Fsp3) is 0.538. The molecule has 0 radical (unpaired) electrons. The molecule has 1 atom stereocenters. The molecule has 84 valence electrons. The van der Waals surface area contributed by atoms with Crippen molar-refractivity contribution in [2.24, 2.45) is 11.8 Å². The second kappa shape index (κ2) is 4.30. The highest BCUT2D eigenvalue weighted by Gasteiger charge is 2.34. The molecule has 1 aliphatic carbocycles. The lowest BCUT2D eigenvalue weighted by molar-refractivity contribution is 0.0894. The monoisotopic (exact) mass is 212 g/mol. The van der Waals surface area contributed by atoms with Gasteiger partial charge in [-0.1, -0.05) is 39.5 Å². The number of hydrogen-bond acceptors (Lipinski definition) is 0. The third kappa shape index (κ3) is 2.55. The van der Waals surface area contributed by atoms with Crippen LogP contribution in [0, 0.1) is 11.8 Å². The molecule has 1 aliphatic rings. The smallest absolute Gasteiger partial charge is 0.197 e. The summed E-state index contributed by atoms with van der Waals surface area (Å²) in [6, 6.07) is 0. The van der Waals surface area contributed by atoms with Crippen LogP contribution in [-0.4, -0.2) is 5.92 Å². The standard InChI is InChI=1S/C13H18F2/c1-5-13(14,15)12-8-10(4)6-7-11(12)9(2)3/h5-7,9-10H,1,8H2,2-4H3. The Morgan fingerprint density at radius 1 is 1.53 bits per heavy atom. The van der Waals surface area contributed by atoms with E-state index in [-0.39, 0.29) is 17.4 Å². The zero-order valence-electron chi connectivity index (χ0n) is 9.56. The zero-order valence-corrected chi connectivity index (χ0v) is 9.56. The van der Waals surface area contributed by atoms with Crippen molar-refractivity contribution in [3.8, 4) is 0 Å². The Bertz CT molecular complexity index is 308. The lowest BCUT2D eigenvalue weighted by Gasteiger charge is -2.26. The molecule has 0 amide bonds. The molecule has 0 aromatic heterocycles. The van der Waals surface area contributed by atoms with Gasteiger partial charge in [-0.3, -0.25) is 0 Å². The Balaban J connectivity index is 3.17. The van der Waals surface area contributed by atoms with Crippen LogP contribution in [0.1, 0.15) is 27.2 Å². The van der Waals surface area contributed by atoms with Crippen molar-refractivity contribution in [2.45, 2.75) is 33.1 Å². The van der Waals surface area contributed by atoms with Crippen LogP contribution in [0.25, 0.3) is 0 Å². The maximum absolute atomic E-state index is 13.6. The number of alkyl halides is 2. The SMILES string of the molecule is C=CC(F)(F)C1=C(C(C)C)C=CC(C)C1. The van der Waals surface area contributed by atoms with Crippen LogP contribution < -0.4 is 0 Å². The molecule has 1 unspecified atom stereocenters. The summed E-state index contributed by atoms with van der Waals surface area (Å²) in [4.78, 5) is 0. The largest absolute Gasteiger partial charge is 0.288 e. The van der Waals surface area contributed by atoms with Crippen molar-refractivity contribution < 1.29 is 8.78 Å². The minimum atomic E-state index is -2.86. The predicted octanol–water partition coefficient (Wildman–Crippen LogP) is 4.36. The van der Waals surface area contributed by atoms with E-state index in [4.69, 9.17) is 0 Å². The van der Waals surface area contributed by atoms with Crippen molar-refractivity contribution in [3.63, 3.8) is 0 Å². The van der Waals surface area contributed by atoms with E-state index in [1.54, 1.807) is 0 Å². The van der Waals surface area contributed by atoms with E-state index < -0.39 is 5.92 Å². The van der Waals surface area contributed by atoms with Gasteiger partial charge in [-0.15, -0.1) is 0 Å². The quantitative estimate of drug-likeness (QED) is 0.610. The molecule has 0 bridgehead atoms. The molecule has 0 aromatic rings. The van der Waals surface area contributed by atoms with E-state index in [9.17, 15) is 8.78 Å². The lowest BCUT2D eigenvalue weighted by Crippen LogP contribution is -2.22. The van der Waals surface area contributed by atoms with Crippen molar-refractivity contribution in [2.75, 3.05) is 0 Å². The summed E-state index contributed by atoms with van der Waals surface area (Å²) >= 11 is 0. The highest BCUT2D eigenvalue weighted by atomic mass is 19.3. The molecular weight excluding hydrogens is 194 g/mol. The highest BCUT2D eigenvalue weighted by Crippen LogP contribution is 2.38. The summed E-state index contributed by atoms with van der Waals surface area (Å²) in [5.74, 6) is -2.54. The van der Waals surface area contributed by atoms with Crippen LogP contribution in [0.3, 0.4) is 0 Å². The van der Waals surface area contributed by atoms with Gasteiger partial charge in [0.05, 0.1) is 0 Å². The first-order valence-corrected chi connectivity index (χ1v) is 5.31. The molecule has 0 N–H and O–H groups in total. The Morgan fingerprint density at radius 2 is 2.13 bits per heavy atom. The first kappa shape index (κ1) is 12.2. The van der Waals surface area contributed by atoms with Gasteiger partial charge in [0.1, 0.15) is 0 Å². The average Bonchev–Trinajstić information content (AvgIpc) is 2.17. The van der Waals surface area contributed by atoms with Crippen molar-refractivity contribution >= 4 is 0 Å². The third-order valence-electron chi connectivity index (χ3n) is 2.76. The first-order valence-electron chi connectivity index (χ1n) is 5.31. The molecule has 0 aromatic carbocycles. The van der Waals surface area contributed by atoms with E-state index in [1.165, 1.54) is 0 Å². The fourth-order valence-electron chi connectivity index (χ4n) is 1.87. The van der Waals surface area contributed by atoms with E-state index in [0.29, 0.717) is 6.42 Å². The van der Waals surface area contributed by atoms with Gasteiger partial charge in [0.15, 0.2) is 0 Å². The van der Waals surface area contributed by atoms with Gasteiger partial charge in [0.2, 0.25) is 0 Å². The van der Waals surface area contributed by atoms with Gasteiger partial charge in [-0.2, -0.15) is 8.78 Å². The Hall–Kier alpha value is -0.920. The minimum Gasteiger partial charge on any atom is -0.197 e. The second-order valence-corrected chi connectivity index (χ2v) is 4.46. The van der Waals surface area contributed by atoms with Crippen LogP contribution >= 0.6 is 0 Å². The summed E-state index contributed by atoms with van der Waals surface area (Å²) in [6.45, 7) is 9.05. The number of allylic oxidation sites excluding steroid dienone is 5. The van der Waals surface area contributed by atoms with Crippen LogP contribution in [0.4, 0.5) is 8.78 Å². The summed E-state index contributed by atoms with van der Waals surface area (Å²) in [5, 5.41) is 0. The van der Waals surface area contributed by atoms with Crippen LogP contribution in [0.15, 0.2) is 36.0 Å². The number of halogens is 2. The van der Waals surface area contributed by atoms with E-state index >= 15 is 0 Å².